The third-order valence-corrected chi connectivity index (χ3v) is 7.70. The third-order valence-electron chi connectivity index (χ3n) is 7.70. The SMILES string of the molecule is CCC(CC)(COC)COc1ccc(-c2ccc(OCCCCCCCCOCC(C)(CO)CO)cc2)cc1. The van der Waals surface area contributed by atoms with Crippen LogP contribution in [0.15, 0.2) is 48.5 Å². The molecule has 0 saturated carbocycles. The fourth-order valence-corrected chi connectivity index (χ4v) is 4.39. The lowest BCUT2D eigenvalue weighted by atomic mass is 9.84. The first kappa shape index (κ1) is 33.1. The number of methoxy groups -OCH3 is 1. The van der Waals surface area contributed by atoms with Crippen molar-refractivity contribution in [2.45, 2.75) is 72.1 Å². The zero-order chi connectivity index (χ0) is 28.4. The molecule has 6 heteroatoms. The Labute approximate surface area is 236 Å². The first-order valence-corrected chi connectivity index (χ1v) is 14.7. The fraction of sp³-hybridized carbons (Fsp3) is 0.636. The van der Waals surface area contributed by atoms with Gasteiger partial charge in [-0.25, -0.2) is 0 Å². The van der Waals surface area contributed by atoms with Crippen LogP contribution < -0.4 is 9.47 Å². The number of aliphatic hydroxyl groups is 2. The predicted molar refractivity (Wildman–Crippen MR) is 159 cm³/mol. The first-order chi connectivity index (χ1) is 18.9. The molecular weight excluding hydrogens is 492 g/mol. The van der Waals surface area contributed by atoms with Crippen LogP contribution in [0.4, 0.5) is 0 Å². The molecule has 0 amide bonds. The van der Waals surface area contributed by atoms with E-state index in [2.05, 4.69) is 38.1 Å². The first-order valence-electron chi connectivity index (χ1n) is 14.7. The number of benzene rings is 2. The van der Waals surface area contributed by atoms with Gasteiger partial charge in [0.2, 0.25) is 0 Å². The van der Waals surface area contributed by atoms with E-state index >= 15 is 0 Å². The summed E-state index contributed by atoms with van der Waals surface area (Å²) in [7, 11) is 1.76. The monoisotopic (exact) mass is 544 g/mol. The molecule has 2 aromatic rings. The van der Waals surface area contributed by atoms with Gasteiger partial charge in [0.15, 0.2) is 0 Å². The summed E-state index contributed by atoms with van der Waals surface area (Å²) in [6, 6.07) is 16.6. The summed E-state index contributed by atoms with van der Waals surface area (Å²) in [6.07, 6.45) is 8.78. The Morgan fingerprint density at radius 2 is 1.10 bits per heavy atom. The second kappa shape index (κ2) is 18.3. The van der Waals surface area contributed by atoms with Crippen LogP contribution in [0.25, 0.3) is 11.1 Å². The molecule has 0 aromatic heterocycles. The second-order valence-electron chi connectivity index (χ2n) is 11.1. The van der Waals surface area contributed by atoms with Gasteiger partial charge in [0.05, 0.1) is 39.6 Å². The molecule has 220 valence electrons. The zero-order valence-corrected chi connectivity index (χ0v) is 24.8. The number of ether oxygens (including phenoxy) is 4. The Morgan fingerprint density at radius 1 is 0.615 bits per heavy atom. The molecule has 0 bridgehead atoms. The van der Waals surface area contributed by atoms with Crippen LogP contribution in [-0.2, 0) is 9.47 Å². The van der Waals surface area contributed by atoms with Gasteiger partial charge in [-0.05, 0) is 61.1 Å². The van der Waals surface area contributed by atoms with Gasteiger partial charge in [0.25, 0.3) is 0 Å². The van der Waals surface area contributed by atoms with Gasteiger partial charge in [-0.3, -0.25) is 0 Å². The zero-order valence-electron chi connectivity index (χ0n) is 24.8. The van der Waals surface area contributed by atoms with Gasteiger partial charge in [0.1, 0.15) is 11.5 Å². The molecule has 0 spiro atoms. The molecule has 0 heterocycles. The Hall–Kier alpha value is -2.12. The number of unbranched alkanes of at least 4 members (excludes halogenated alkanes) is 5. The van der Waals surface area contributed by atoms with Crippen molar-refractivity contribution in [3.8, 4) is 22.6 Å². The predicted octanol–water partition coefficient (Wildman–Crippen LogP) is 6.91. The lowest BCUT2D eigenvalue weighted by molar-refractivity contribution is -0.0169. The van der Waals surface area contributed by atoms with Gasteiger partial charge < -0.3 is 29.2 Å². The van der Waals surface area contributed by atoms with E-state index in [0.717, 1.165) is 67.8 Å². The van der Waals surface area contributed by atoms with Gasteiger partial charge in [-0.1, -0.05) is 70.7 Å². The number of hydrogen-bond donors (Lipinski definition) is 2. The highest BCUT2D eigenvalue weighted by atomic mass is 16.5. The molecule has 0 aliphatic carbocycles. The largest absolute Gasteiger partial charge is 0.494 e. The van der Waals surface area contributed by atoms with Crippen molar-refractivity contribution in [1.82, 2.24) is 0 Å². The smallest absolute Gasteiger partial charge is 0.119 e. The molecule has 0 atom stereocenters. The van der Waals surface area contributed by atoms with Crippen LogP contribution in [0.5, 0.6) is 11.5 Å². The van der Waals surface area contributed by atoms with E-state index in [1.807, 2.05) is 31.2 Å². The minimum atomic E-state index is -0.539. The van der Waals surface area contributed by atoms with Gasteiger partial charge >= 0.3 is 0 Å². The van der Waals surface area contributed by atoms with Crippen molar-refractivity contribution in [2.75, 3.05) is 53.4 Å². The standard InChI is InChI=1S/C33H52O6/c1-5-33(6-2,26-36-4)27-39-31-19-15-29(16-20-31)28-13-17-30(18-14-28)38-22-12-10-8-7-9-11-21-37-25-32(3,23-34)24-35/h13-20,34-35H,5-12,21-27H2,1-4H3. The summed E-state index contributed by atoms with van der Waals surface area (Å²) in [5.74, 6) is 1.79. The van der Waals surface area contributed by atoms with Crippen molar-refractivity contribution in [1.29, 1.82) is 0 Å². The highest BCUT2D eigenvalue weighted by Gasteiger charge is 2.27. The molecule has 2 N–H and O–H groups in total. The Bertz CT molecular complexity index is 872. The molecule has 39 heavy (non-hydrogen) atoms. The molecule has 0 saturated heterocycles. The Balaban J connectivity index is 1.61. The summed E-state index contributed by atoms with van der Waals surface area (Å²) in [6.45, 7) is 9.27. The molecule has 0 aliphatic rings. The number of aliphatic hydroxyl groups excluding tert-OH is 2. The molecule has 0 aliphatic heterocycles. The molecule has 0 unspecified atom stereocenters. The van der Waals surface area contributed by atoms with Crippen LogP contribution in [0.2, 0.25) is 0 Å². The molecule has 2 rings (SSSR count). The molecule has 0 fully saturated rings. The summed E-state index contributed by atoms with van der Waals surface area (Å²) < 4.78 is 23.1. The van der Waals surface area contributed by atoms with Crippen LogP contribution in [-0.4, -0.2) is 63.6 Å². The van der Waals surface area contributed by atoms with E-state index < -0.39 is 5.41 Å². The molecular formula is C33H52O6. The lowest BCUT2D eigenvalue weighted by Crippen LogP contribution is -2.32. The van der Waals surface area contributed by atoms with E-state index in [4.69, 9.17) is 18.9 Å². The fourth-order valence-electron chi connectivity index (χ4n) is 4.39. The highest BCUT2D eigenvalue weighted by Crippen LogP contribution is 2.29. The highest BCUT2D eigenvalue weighted by molar-refractivity contribution is 5.64. The van der Waals surface area contributed by atoms with Crippen LogP contribution in [0, 0.1) is 10.8 Å². The van der Waals surface area contributed by atoms with Gasteiger partial charge in [-0.2, -0.15) is 0 Å². The average molecular weight is 545 g/mol. The lowest BCUT2D eigenvalue weighted by Gasteiger charge is -2.30. The van der Waals surface area contributed by atoms with Crippen molar-refractivity contribution in [3.63, 3.8) is 0 Å². The maximum absolute atomic E-state index is 9.27. The number of hydrogen-bond acceptors (Lipinski definition) is 6. The maximum atomic E-state index is 9.27. The maximum Gasteiger partial charge on any atom is 0.119 e. The summed E-state index contributed by atoms with van der Waals surface area (Å²) in [5.41, 5.74) is 1.84. The summed E-state index contributed by atoms with van der Waals surface area (Å²) in [4.78, 5) is 0. The molecule has 6 nitrogen and oxygen atoms in total. The van der Waals surface area contributed by atoms with E-state index in [1.54, 1.807) is 7.11 Å². The normalized spacial score (nSPS) is 12.1. The van der Waals surface area contributed by atoms with E-state index in [-0.39, 0.29) is 18.6 Å². The molecule has 0 radical (unpaired) electrons. The Morgan fingerprint density at radius 3 is 1.59 bits per heavy atom. The minimum Gasteiger partial charge on any atom is -0.494 e. The minimum absolute atomic E-state index is 0.0604. The summed E-state index contributed by atoms with van der Waals surface area (Å²) >= 11 is 0. The van der Waals surface area contributed by atoms with Crippen molar-refractivity contribution in [2.24, 2.45) is 10.8 Å². The van der Waals surface area contributed by atoms with Gasteiger partial charge in [-0.15, -0.1) is 0 Å². The van der Waals surface area contributed by atoms with Gasteiger partial charge in [0, 0.05) is 24.5 Å². The summed E-state index contributed by atoms with van der Waals surface area (Å²) in [5, 5.41) is 18.5. The Kier molecular flexibility index (Phi) is 15.5. The third kappa shape index (κ3) is 11.9. The average Bonchev–Trinajstić information content (AvgIpc) is 2.98. The quantitative estimate of drug-likeness (QED) is 0.157. The van der Waals surface area contributed by atoms with Crippen molar-refractivity contribution < 1.29 is 29.2 Å². The van der Waals surface area contributed by atoms with Crippen molar-refractivity contribution in [3.05, 3.63) is 48.5 Å². The van der Waals surface area contributed by atoms with Crippen LogP contribution in [0.1, 0.15) is 72.1 Å². The second-order valence-corrected chi connectivity index (χ2v) is 11.1. The van der Waals surface area contributed by atoms with Crippen LogP contribution in [0.3, 0.4) is 0 Å². The van der Waals surface area contributed by atoms with E-state index in [0.29, 0.717) is 26.4 Å². The van der Waals surface area contributed by atoms with Crippen molar-refractivity contribution >= 4 is 0 Å². The number of rotatable bonds is 22. The van der Waals surface area contributed by atoms with E-state index in [9.17, 15) is 10.2 Å². The topological polar surface area (TPSA) is 77.4 Å². The molecule has 2 aromatic carbocycles. The van der Waals surface area contributed by atoms with Crippen LogP contribution >= 0.6 is 0 Å². The van der Waals surface area contributed by atoms with E-state index in [1.165, 1.54) is 12.8 Å².